The van der Waals surface area contributed by atoms with Crippen LogP contribution in [0.2, 0.25) is 10.0 Å². The standard InChI is InChI=1S/C19H19Cl2N3O2/c1-24(2)12-8-6-11(7-9-12)22-18(25)13-10-14(13)19(26)23-17-15(20)4-3-5-16(17)21/h3-9,13-14H,10H2,1-2H3,(H,22,25)(H,23,26). The topological polar surface area (TPSA) is 61.4 Å². The van der Waals surface area contributed by atoms with Crippen molar-refractivity contribution in [1.82, 2.24) is 0 Å². The molecule has 136 valence electrons. The van der Waals surface area contributed by atoms with Gasteiger partial charge in [-0.15, -0.1) is 0 Å². The molecule has 2 amide bonds. The van der Waals surface area contributed by atoms with Gasteiger partial charge in [-0.25, -0.2) is 0 Å². The van der Waals surface area contributed by atoms with Crippen LogP contribution in [-0.4, -0.2) is 25.9 Å². The van der Waals surface area contributed by atoms with E-state index in [0.29, 0.717) is 27.8 Å². The van der Waals surface area contributed by atoms with Crippen LogP contribution in [0.5, 0.6) is 0 Å². The molecule has 1 aliphatic carbocycles. The van der Waals surface area contributed by atoms with Gasteiger partial charge in [-0.3, -0.25) is 9.59 Å². The highest BCUT2D eigenvalue weighted by Gasteiger charge is 2.48. The first-order valence-electron chi connectivity index (χ1n) is 8.20. The Morgan fingerprint density at radius 1 is 0.923 bits per heavy atom. The van der Waals surface area contributed by atoms with Gasteiger partial charge in [0.1, 0.15) is 0 Å². The Labute approximate surface area is 162 Å². The van der Waals surface area contributed by atoms with Gasteiger partial charge in [-0.1, -0.05) is 29.3 Å². The number of anilines is 3. The van der Waals surface area contributed by atoms with Crippen molar-refractivity contribution in [1.29, 1.82) is 0 Å². The summed E-state index contributed by atoms with van der Waals surface area (Å²) in [7, 11) is 3.90. The van der Waals surface area contributed by atoms with Gasteiger partial charge in [0.15, 0.2) is 0 Å². The Balaban J connectivity index is 1.57. The van der Waals surface area contributed by atoms with E-state index in [4.69, 9.17) is 23.2 Å². The summed E-state index contributed by atoms with van der Waals surface area (Å²) in [5.74, 6) is -1.12. The smallest absolute Gasteiger partial charge is 0.228 e. The van der Waals surface area contributed by atoms with Crippen molar-refractivity contribution >= 4 is 52.1 Å². The number of hydrogen-bond acceptors (Lipinski definition) is 3. The summed E-state index contributed by atoms with van der Waals surface area (Å²) in [5.41, 5.74) is 2.13. The van der Waals surface area contributed by atoms with Crippen LogP contribution in [0.3, 0.4) is 0 Å². The molecule has 2 unspecified atom stereocenters. The normalized spacial score (nSPS) is 18.2. The molecule has 0 radical (unpaired) electrons. The number of amides is 2. The van der Waals surface area contributed by atoms with Crippen LogP contribution in [0.15, 0.2) is 42.5 Å². The Kier molecular flexibility index (Phi) is 5.39. The van der Waals surface area contributed by atoms with Gasteiger partial charge in [0, 0.05) is 25.5 Å². The predicted octanol–water partition coefficient (Wildman–Crippen LogP) is 4.27. The number of nitrogens with one attached hydrogen (secondary N) is 2. The number of rotatable bonds is 5. The van der Waals surface area contributed by atoms with Crippen molar-refractivity contribution in [2.75, 3.05) is 29.6 Å². The summed E-state index contributed by atoms with van der Waals surface area (Å²) in [6.45, 7) is 0. The van der Waals surface area contributed by atoms with Crippen molar-refractivity contribution < 1.29 is 9.59 Å². The third-order valence-corrected chi connectivity index (χ3v) is 4.96. The lowest BCUT2D eigenvalue weighted by atomic mass is 10.2. The highest BCUT2D eigenvalue weighted by atomic mass is 35.5. The number of benzene rings is 2. The molecule has 0 aromatic heterocycles. The second-order valence-electron chi connectivity index (χ2n) is 6.47. The van der Waals surface area contributed by atoms with Gasteiger partial charge in [0.25, 0.3) is 0 Å². The minimum absolute atomic E-state index is 0.159. The lowest BCUT2D eigenvalue weighted by Gasteiger charge is -2.13. The Morgan fingerprint density at radius 2 is 1.46 bits per heavy atom. The molecule has 0 spiro atoms. The number of carbonyl (C=O) groups is 2. The monoisotopic (exact) mass is 391 g/mol. The minimum atomic E-state index is -0.372. The zero-order valence-electron chi connectivity index (χ0n) is 14.4. The quantitative estimate of drug-likeness (QED) is 0.799. The number of para-hydroxylation sites is 1. The molecular formula is C19H19Cl2N3O2. The SMILES string of the molecule is CN(C)c1ccc(NC(=O)C2CC2C(=O)Nc2c(Cl)cccc2Cl)cc1. The van der Waals surface area contributed by atoms with E-state index in [1.54, 1.807) is 18.2 Å². The number of nitrogens with zero attached hydrogens (tertiary/aromatic N) is 1. The zero-order valence-corrected chi connectivity index (χ0v) is 15.9. The van der Waals surface area contributed by atoms with E-state index in [9.17, 15) is 9.59 Å². The average molecular weight is 392 g/mol. The molecule has 2 aromatic rings. The van der Waals surface area contributed by atoms with Crippen molar-refractivity contribution in [2.45, 2.75) is 6.42 Å². The Bertz CT molecular complexity index is 817. The van der Waals surface area contributed by atoms with Crippen molar-refractivity contribution in [3.63, 3.8) is 0 Å². The molecule has 2 aromatic carbocycles. The summed E-state index contributed by atoms with van der Waals surface area (Å²) in [5, 5.41) is 6.31. The van der Waals surface area contributed by atoms with E-state index in [0.717, 1.165) is 5.69 Å². The van der Waals surface area contributed by atoms with E-state index in [-0.39, 0.29) is 23.7 Å². The molecule has 0 bridgehead atoms. The summed E-state index contributed by atoms with van der Waals surface area (Å²) in [6.07, 6.45) is 0.509. The first-order chi connectivity index (χ1) is 12.4. The van der Waals surface area contributed by atoms with Gasteiger partial charge >= 0.3 is 0 Å². The third-order valence-electron chi connectivity index (χ3n) is 4.33. The molecule has 0 heterocycles. The molecule has 3 rings (SSSR count). The van der Waals surface area contributed by atoms with Crippen LogP contribution in [0.4, 0.5) is 17.1 Å². The van der Waals surface area contributed by atoms with E-state index in [1.165, 1.54) is 0 Å². The van der Waals surface area contributed by atoms with Gasteiger partial charge in [-0.2, -0.15) is 0 Å². The van der Waals surface area contributed by atoms with E-state index in [2.05, 4.69) is 10.6 Å². The summed E-state index contributed by atoms with van der Waals surface area (Å²) >= 11 is 12.1. The molecule has 26 heavy (non-hydrogen) atoms. The summed E-state index contributed by atoms with van der Waals surface area (Å²) in [4.78, 5) is 26.7. The van der Waals surface area contributed by atoms with Crippen molar-refractivity contribution in [2.24, 2.45) is 11.8 Å². The van der Waals surface area contributed by atoms with Crippen LogP contribution < -0.4 is 15.5 Å². The third kappa shape index (κ3) is 4.11. The Hall–Kier alpha value is -2.24. The molecule has 0 saturated heterocycles. The van der Waals surface area contributed by atoms with E-state index >= 15 is 0 Å². The molecule has 2 atom stereocenters. The minimum Gasteiger partial charge on any atom is -0.378 e. The molecular weight excluding hydrogens is 373 g/mol. The number of halogens is 2. The maximum absolute atomic E-state index is 12.4. The molecule has 1 fully saturated rings. The molecule has 2 N–H and O–H groups in total. The molecule has 0 aliphatic heterocycles. The second kappa shape index (κ2) is 7.56. The molecule has 7 heteroatoms. The van der Waals surface area contributed by atoms with Crippen LogP contribution in [0, 0.1) is 11.8 Å². The van der Waals surface area contributed by atoms with Crippen molar-refractivity contribution in [3.05, 3.63) is 52.5 Å². The largest absolute Gasteiger partial charge is 0.378 e. The maximum Gasteiger partial charge on any atom is 0.228 e. The molecule has 1 aliphatic rings. The molecule has 1 saturated carbocycles. The number of carbonyl (C=O) groups excluding carboxylic acids is 2. The van der Waals surface area contributed by atoms with Crippen LogP contribution in [0.1, 0.15) is 6.42 Å². The van der Waals surface area contributed by atoms with Crippen LogP contribution in [0.25, 0.3) is 0 Å². The predicted molar refractivity (Wildman–Crippen MR) is 106 cm³/mol. The molecule has 5 nitrogen and oxygen atoms in total. The fraction of sp³-hybridized carbons (Fsp3) is 0.263. The zero-order chi connectivity index (χ0) is 18.8. The van der Waals surface area contributed by atoms with Gasteiger partial charge in [0.2, 0.25) is 11.8 Å². The fourth-order valence-electron chi connectivity index (χ4n) is 2.69. The van der Waals surface area contributed by atoms with E-state index < -0.39 is 0 Å². The number of hydrogen-bond donors (Lipinski definition) is 2. The van der Waals surface area contributed by atoms with Gasteiger partial charge in [-0.05, 0) is 42.8 Å². The van der Waals surface area contributed by atoms with Gasteiger partial charge < -0.3 is 15.5 Å². The van der Waals surface area contributed by atoms with Crippen LogP contribution in [-0.2, 0) is 9.59 Å². The lowest BCUT2D eigenvalue weighted by Crippen LogP contribution is -2.21. The van der Waals surface area contributed by atoms with Crippen molar-refractivity contribution in [3.8, 4) is 0 Å². The summed E-state index contributed by atoms with van der Waals surface area (Å²) in [6, 6.07) is 12.5. The Morgan fingerprint density at radius 3 is 2.00 bits per heavy atom. The highest BCUT2D eigenvalue weighted by molar-refractivity contribution is 6.39. The van der Waals surface area contributed by atoms with Crippen LogP contribution >= 0.6 is 23.2 Å². The second-order valence-corrected chi connectivity index (χ2v) is 7.28. The lowest BCUT2D eigenvalue weighted by molar-refractivity contribution is -0.122. The summed E-state index contributed by atoms with van der Waals surface area (Å²) < 4.78 is 0. The first-order valence-corrected chi connectivity index (χ1v) is 8.95. The van der Waals surface area contributed by atoms with E-state index in [1.807, 2.05) is 43.3 Å². The maximum atomic E-state index is 12.4. The highest BCUT2D eigenvalue weighted by Crippen LogP contribution is 2.41. The first kappa shape index (κ1) is 18.5. The fourth-order valence-corrected chi connectivity index (χ4v) is 3.18. The average Bonchev–Trinajstić information content (AvgIpc) is 3.39. The van der Waals surface area contributed by atoms with Gasteiger partial charge in [0.05, 0.1) is 27.6 Å².